The molecule has 4 heteroatoms. The van der Waals surface area contributed by atoms with Gasteiger partial charge in [-0.2, -0.15) is 0 Å². The fourth-order valence-corrected chi connectivity index (χ4v) is 3.97. The van der Waals surface area contributed by atoms with E-state index >= 15 is 0 Å². The van der Waals surface area contributed by atoms with E-state index in [2.05, 4.69) is 0 Å². The summed E-state index contributed by atoms with van der Waals surface area (Å²) in [4.78, 5) is 27.6. The van der Waals surface area contributed by atoms with E-state index in [0.717, 1.165) is 22.3 Å². The summed E-state index contributed by atoms with van der Waals surface area (Å²) >= 11 is 0. The summed E-state index contributed by atoms with van der Waals surface area (Å²) in [5.74, 6) is -1.35. The van der Waals surface area contributed by atoms with Gasteiger partial charge in [-0.1, -0.05) is 90.0 Å². The minimum absolute atomic E-state index is 0.133. The highest BCUT2D eigenvalue weighted by atomic mass is 16.3. The highest BCUT2D eigenvalue weighted by Gasteiger charge is 2.45. The number of aryl methyl sites for hydroxylation is 2. The van der Waals surface area contributed by atoms with Crippen molar-refractivity contribution in [3.63, 3.8) is 0 Å². The third-order valence-electron chi connectivity index (χ3n) is 5.74. The molecule has 4 rings (SSSR count). The Balaban J connectivity index is 1.78. The molecule has 3 aromatic rings. The third kappa shape index (κ3) is 4.15. The number of carbonyl (C=O) groups excluding carboxylic acids is 2. The number of aliphatic hydroxyl groups is 1. The van der Waals surface area contributed by atoms with Crippen molar-refractivity contribution in [2.75, 3.05) is 6.54 Å². The van der Waals surface area contributed by atoms with Crippen molar-refractivity contribution in [3.05, 3.63) is 112 Å². The minimum atomic E-state index is -0.642. The number of amides is 1. The van der Waals surface area contributed by atoms with Crippen molar-refractivity contribution >= 4 is 17.4 Å². The number of benzene rings is 3. The largest absolute Gasteiger partial charge is 0.507 e. The Morgan fingerprint density at radius 2 is 1.42 bits per heavy atom. The van der Waals surface area contributed by atoms with Crippen LogP contribution < -0.4 is 0 Å². The van der Waals surface area contributed by atoms with Gasteiger partial charge in [0.25, 0.3) is 11.7 Å². The van der Waals surface area contributed by atoms with E-state index in [1.807, 2.05) is 80.6 Å². The molecule has 0 aliphatic carbocycles. The van der Waals surface area contributed by atoms with Gasteiger partial charge in [0.05, 0.1) is 11.6 Å². The van der Waals surface area contributed by atoms with Gasteiger partial charge in [0.1, 0.15) is 5.76 Å². The summed E-state index contributed by atoms with van der Waals surface area (Å²) in [6.45, 7) is 4.33. The topological polar surface area (TPSA) is 57.6 Å². The standard InChI is InChI=1S/C27H25NO3/c1-18-8-12-21(13-9-18)24-23(25(29)22-14-10-19(2)11-15-22)26(30)27(31)28(24)17-16-20-6-4-3-5-7-20/h3-15,24,29H,16-17H2,1-2H3/b25-23+/t24-/m0/s1. The van der Waals surface area contributed by atoms with E-state index in [9.17, 15) is 14.7 Å². The third-order valence-corrected chi connectivity index (χ3v) is 5.74. The van der Waals surface area contributed by atoms with Crippen molar-refractivity contribution in [2.45, 2.75) is 26.3 Å². The predicted molar refractivity (Wildman–Crippen MR) is 122 cm³/mol. The first-order valence-corrected chi connectivity index (χ1v) is 10.4. The van der Waals surface area contributed by atoms with Crippen molar-refractivity contribution < 1.29 is 14.7 Å². The highest BCUT2D eigenvalue weighted by Crippen LogP contribution is 2.39. The lowest BCUT2D eigenvalue weighted by Gasteiger charge is -2.25. The summed E-state index contributed by atoms with van der Waals surface area (Å²) in [6.07, 6.45) is 0.626. The molecule has 0 aromatic heterocycles. The van der Waals surface area contributed by atoms with Gasteiger partial charge in [0, 0.05) is 12.1 Å². The number of Topliss-reactive ketones (excluding diaryl/α,β-unsaturated/α-hetero) is 1. The van der Waals surface area contributed by atoms with Crippen LogP contribution in [0.2, 0.25) is 0 Å². The molecule has 1 aliphatic rings. The van der Waals surface area contributed by atoms with E-state index in [-0.39, 0.29) is 11.3 Å². The average molecular weight is 412 g/mol. The van der Waals surface area contributed by atoms with Crippen LogP contribution in [0.5, 0.6) is 0 Å². The zero-order valence-corrected chi connectivity index (χ0v) is 17.7. The summed E-state index contributed by atoms with van der Waals surface area (Å²) in [6, 6.07) is 24.3. The molecule has 0 spiro atoms. The monoisotopic (exact) mass is 411 g/mol. The van der Waals surface area contributed by atoms with Crippen LogP contribution >= 0.6 is 0 Å². The molecular formula is C27H25NO3. The maximum Gasteiger partial charge on any atom is 0.295 e. The fraction of sp³-hybridized carbons (Fsp3) is 0.185. The Kier molecular flexibility index (Phi) is 5.72. The number of hydrogen-bond donors (Lipinski definition) is 1. The Hall–Kier alpha value is -3.66. The van der Waals surface area contributed by atoms with Crippen molar-refractivity contribution in [2.24, 2.45) is 0 Å². The zero-order valence-electron chi connectivity index (χ0n) is 17.7. The molecule has 1 amide bonds. The number of carbonyl (C=O) groups is 2. The maximum absolute atomic E-state index is 13.1. The van der Waals surface area contributed by atoms with Crippen LogP contribution in [0.1, 0.15) is 33.9 Å². The molecule has 1 heterocycles. The summed E-state index contributed by atoms with van der Waals surface area (Å²) < 4.78 is 0. The zero-order chi connectivity index (χ0) is 22.0. The number of ketones is 1. The quantitative estimate of drug-likeness (QED) is 0.366. The van der Waals surface area contributed by atoms with Crippen LogP contribution in [0.25, 0.3) is 5.76 Å². The van der Waals surface area contributed by atoms with Crippen LogP contribution in [0, 0.1) is 13.8 Å². The number of aliphatic hydroxyl groups excluding tert-OH is 1. The van der Waals surface area contributed by atoms with Gasteiger partial charge >= 0.3 is 0 Å². The van der Waals surface area contributed by atoms with Crippen molar-refractivity contribution in [1.29, 1.82) is 0 Å². The molecule has 1 fully saturated rings. The first-order chi connectivity index (χ1) is 15.0. The van der Waals surface area contributed by atoms with E-state index in [4.69, 9.17) is 0 Å². The molecule has 0 radical (unpaired) electrons. The van der Waals surface area contributed by atoms with E-state index in [1.165, 1.54) is 0 Å². The molecule has 1 saturated heterocycles. The van der Waals surface area contributed by atoms with Crippen LogP contribution in [0.4, 0.5) is 0 Å². The molecular weight excluding hydrogens is 386 g/mol. The molecule has 0 saturated carbocycles. The summed E-state index contributed by atoms with van der Waals surface area (Å²) in [7, 11) is 0. The number of hydrogen-bond acceptors (Lipinski definition) is 3. The summed E-state index contributed by atoms with van der Waals surface area (Å²) in [5.41, 5.74) is 4.71. The molecule has 3 aromatic carbocycles. The lowest BCUT2D eigenvalue weighted by molar-refractivity contribution is -0.139. The van der Waals surface area contributed by atoms with Gasteiger partial charge in [0.15, 0.2) is 0 Å². The van der Waals surface area contributed by atoms with Gasteiger partial charge in [-0.05, 0) is 31.4 Å². The number of nitrogens with zero attached hydrogens (tertiary/aromatic N) is 1. The second kappa shape index (κ2) is 8.60. The minimum Gasteiger partial charge on any atom is -0.507 e. The molecule has 156 valence electrons. The predicted octanol–water partition coefficient (Wildman–Crippen LogP) is 4.97. The molecule has 1 atom stereocenters. The van der Waals surface area contributed by atoms with Gasteiger partial charge < -0.3 is 10.0 Å². The van der Waals surface area contributed by atoms with Gasteiger partial charge in [0.2, 0.25) is 0 Å². The first-order valence-electron chi connectivity index (χ1n) is 10.4. The van der Waals surface area contributed by atoms with E-state index < -0.39 is 17.7 Å². The maximum atomic E-state index is 13.1. The van der Waals surface area contributed by atoms with Gasteiger partial charge in [-0.15, -0.1) is 0 Å². The van der Waals surface area contributed by atoms with Crippen LogP contribution in [0.3, 0.4) is 0 Å². The average Bonchev–Trinajstić information content (AvgIpc) is 3.04. The lowest BCUT2D eigenvalue weighted by atomic mass is 9.94. The Morgan fingerprint density at radius 1 is 0.839 bits per heavy atom. The Bertz CT molecular complexity index is 1130. The highest BCUT2D eigenvalue weighted by molar-refractivity contribution is 6.46. The second-order valence-corrected chi connectivity index (χ2v) is 8.00. The summed E-state index contributed by atoms with van der Waals surface area (Å²) in [5, 5.41) is 11.1. The second-order valence-electron chi connectivity index (χ2n) is 8.00. The molecule has 31 heavy (non-hydrogen) atoms. The first kappa shape index (κ1) is 20.6. The Labute approximate surface area is 182 Å². The lowest BCUT2D eigenvalue weighted by Crippen LogP contribution is -2.31. The van der Waals surface area contributed by atoms with Crippen LogP contribution in [0.15, 0.2) is 84.4 Å². The van der Waals surface area contributed by atoms with Gasteiger partial charge in [-0.25, -0.2) is 0 Å². The molecule has 0 unspecified atom stereocenters. The molecule has 1 aliphatic heterocycles. The molecule has 1 N–H and O–H groups in total. The van der Waals surface area contributed by atoms with Crippen LogP contribution in [-0.2, 0) is 16.0 Å². The van der Waals surface area contributed by atoms with Crippen LogP contribution in [-0.4, -0.2) is 28.2 Å². The smallest absolute Gasteiger partial charge is 0.295 e. The molecule has 0 bridgehead atoms. The normalized spacial score (nSPS) is 17.9. The molecule has 4 nitrogen and oxygen atoms in total. The van der Waals surface area contributed by atoms with Crippen molar-refractivity contribution in [3.8, 4) is 0 Å². The van der Waals surface area contributed by atoms with E-state index in [0.29, 0.717) is 18.5 Å². The fourth-order valence-electron chi connectivity index (χ4n) is 3.97. The van der Waals surface area contributed by atoms with E-state index in [1.54, 1.807) is 17.0 Å². The number of likely N-dealkylation sites (tertiary alicyclic amines) is 1. The SMILES string of the molecule is Cc1ccc(/C(O)=C2\C(=O)C(=O)N(CCc3ccccc3)[C@H]2c2ccc(C)cc2)cc1. The van der Waals surface area contributed by atoms with Crippen molar-refractivity contribution in [1.82, 2.24) is 4.90 Å². The van der Waals surface area contributed by atoms with Gasteiger partial charge in [-0.3, -0.25) is 9.59 Å². The Morgan fingerprint density at radius 3 is 2.03 bits per heavy atom. The number of rotatable bonds is 5.